The Morgan fingerprint density at radius 3 is 2.48 bits per heavy atom. The molecule has 1 amide bonds. The fourth-order valence-corrected chi connectivity index (χ4v) is 1.93. The summed E-state index contributed by atoms with van der Waals surface area (Å²) in [4.78, 5) is 24.0. The van der Waals surface area contributed by atoms with Crippen LogP contribution in [0.3, 0.4) is 0 Å². The predicted molar refractivity (Wildman–Crippen MR) is 81.3 cm³/mol. The van der Waals surface area contributed by atoms with E-state index >= 15 is 0 Å². The Balaban J connectivity index is 2.08. The summed E-state index contributed by atoms with van der Waals surface area (Å²) >= 11 is 0. The second-order valence-electron chi connectivity index (χ2n) is 4.78. The maximum atomic E-state index is 12.0. The van der Waals surface area contributed by atoms with Crippen LogP contribution in [0.1, 0.15) is 21.5 Å². The van der Waals surface area contributed by atoms with Crippen LogP contribution < -0.4 is 5.32 Å². The molecule has 0 atom stereocenters. The molecule has 0 heterocycles. The Kier molecular flexibility index (Phi) is 4.85. The van der Waals surface area contributed by atoms with Crippen molar-refractivity contribution < 1.29 is 14.3 Å². The van der Waals surface area contributed by atoms with E-state index in [1.54, 1.807) is 49.6 Å². The average molecular weight is 283 g/mol. The van der Waals surface area contributed by atoms with Gasteiger partial charge in [-0.05, 0) is 24.6 Å². The van der Waals surface area contributed by atoms with E-state index in [4.69, 9.17) is 4.74 Å². The first-order valence-corrected chi connectivity index (χ1v) is 6.60. The molecule has 0 aliphatic carbocycles. The molecule has 0 unspecified atom stereocenters. The molecule has 2 aromatic carbocycles. The van der Waals surface area contributed by atoms with Crippen molar-refractivity contribution in [1.29, 1.82) is 0 Å². The van der Waals surface area contributed by atoms with E-state index in [0.29, 0.717) is 17.9 Å². The van der Waals surface area contributed by atoms with Crippen LogP contribution in [0.5, 0.6) is 0 Å². The van der Waals surface area contributed by atoms with E-state index < -0.39 is 11.7 Å². The molecule has 0 spiro atoms. The van der Waals surface area contributed by atoms with Crippen LogP contribution in [0.4, 0.5) is 5.69 Å². The first-order chi connectivity index (χ1) is 10.1. The summed E-state index contributed by atoms with van der Waals surface area (Å²) in [6.45, 7) is 2.38. The molecule has 0 saturated heterocycles. The van der Waals surface area contributed by atoms with Crippen molar-refractivity contribution in [3.8, 4) is 0 Å². The lowest BCUT2D eigenvalue weighted by Gasteiger charge is -2.07. The van der Waals surface area contributed by atoms with Gasteiger partial charge in [-0.1, -0.05) is 42.0 Å². The molecule has 4 nitrogen and oxygen atoms in total. The minimum atomic E-state index is -0.645. The summed E-state index contributed by atoms with van der Waals surface area (Å²) in [6, 6.07) is 14.1. The maximum absolute atomic E-state index is 12.0. The van der Waals surface area contributed by atoms with Crippen LogP contribution in [0.15, 0.2) is 48.5 Å². The zero-order valence-electron chi connectivity index (χ0n) is 12.1. The number of ether oxygens (including phenoxy) is 1. The summed E-state index contributed by atoms with van der Waals surface area (Å²) in [5.41, 5.74) is 2.93. The summed E-state index contributed by atoms with van der Waals surface area (Å²) < 4.78 is 5.04. The minimum Gasteiger partial charge on any atom is -0.380 e. The highest BCUT2D eigenvalue weighted by atomic mass is 16.5. The van der Waals surface area contributed by atoms with Crippen molar-refractivity contribution in [2.75, 3.05) is 12.4 Å². The predicted octanol–water partition coefficient (Wildman–Crippen LogP) is 2.96. The Hall–Kier alpha value is -2.46. The number of carbonyl (C=O) groups excluding carboxylic acids is 2. The molecule has 1 N–H and O–H groups in total. The normalized spacial score (nSPS) is 10.2. The second kappa shape index (κ2) is 6.81. The minimum absolute atomic E-state index is 0.381. The van der Waals surface area contributed by atoms with E-state index in [1.165, 1.54) is 0 Å². The van der Waals surface area contributed by atoms with Crippen LogP contribution in [-0.2, 0) is 16.1 Å². The van der Waals surface area contributed by atoms with Gasteiger partial charge in [0.2, 0.25) is 0 Å². The Morgan fingerprint density at radius 2 is 1.81 bits per heavy atom. The molecule has 0 fully saturated rings. The Morgan fingerprint density at radius 1 is 1.10 bits per heavy atom. The van der Waals surface area contributed by atoms with E-state index in [0.717, 1.165) is 11.1 Å². The first kappa shape index (κ1) is 14.9. The standard InChI is InChI=1S/C17H17NO3/c1-12-6-8-14(9-7-12)16(19)17(20)18-15-5-3-4-13(10-15)11-21-2/h3-10H,11H2,1-2H3,(H,18,20). The second-order valence-corrected chi connectivity index (χ2v) is 4.78. The number of methoxy groups -OCH3 is 1. The molecule has 2 rings (SSSR count). The number of benzene rings is 2. The summed E-state index contributed by atoms with van der Waals surface area (Å²) in [7, 11) is 1.60. The number of aryl methyl sites for hydroxylation is 1. The maximum Gasteiger partial charge on any atom is 0.296 e. The zero-order valence-corrected chi connectivity index (χ0v) is 12.1. The van der Waals surface area contributed by atoms with Crippen molar-refractivity contribution in [2.45, 2.75) is 13.5 Å². The number of amides is 1. The molecule has 2 aromatic rings. The molecular formula is C17H17NO3. The number of rotatable bonds is 5. The van der Waals surface area contributed by atoms with Crippen molar-refractivity contribution in [3.05, 3.63) is 65.2 Å². The van der Waals surface area contributed by atoms with E-state index in [1.807, 2.05) is 13.0 Å². The van der Waals surface area contributed by atoms with Crippen molar-refractivity contribution in [1.82, 2.24) is 0 Å². The molecule has 0 aromatic heterocycles. The van der Waals surface area contributed by atoms with Crippen LogP contribution in [0.25, 0.3) is 0 Å². The average Bonchev–Trinajstić information content (AvgIpc) is 2.48. The summed E-state index contributed by atoms with van der Waals surface area (Å²) in [5.74, 6) is -1.19. The zero-order chi connectivity index (χ0) is 15.2. The highest BCUT2D eigenvalue weighted by Gasteiger charge is 2.16. The van der Waals surface area contributed by atoms with Crippen molar-refractivity contribution in [2.24, 2.45) is 0 Å². The fourth-order valence-electron chi connectivity index (χ4n) is 1.93. The molecule has 0 bridgehead atoms. The van der Waals surface area contributed by atoms with Gasteiger partial charge in [0.25, 0.3) is 11.7 Å². The van der Waals surface area contributed by atoms with Gasteiger partial charge >= 0.3 is 0 Å². The third-order valence-electron chi connectivity index (χ3n) is 3.02. The molecule has 4 heteroatoms. The smallest absolute Gasteiger partial charge is 0.296 e. The molecular weight excluding hydrogens is 266 g/mol. The molecule has 108 valence electrons. The third kappa shape index (κ3) is 4.00. The Labute approximate surface area is 123 Å². The van der Waals surface area contributed by atoms with Gasteiger partial charge in [-0.15, -0.1) is 0 Å². The summed E-state index contributed by atoms with van der Waals surface area (Å²) in [6.07, 6.45) is 0. The van der Waals surface area contributed by atoms with Gasteiger partial charge in [0.05, 0.1) is 6.61 Å². The molecule has 0 aliphatic heterocycles. The topological polar surface area (TPSA) is 55.4 Å². The largest absolute Gasteiger partial charge is 0.380 e. The highest BCUT2D eigenvalue weighted by Crippen LogP contribution is 2.12. The monoisotopic (exact) mass is 283 g/mol. The van der Waals surface area contributed by atoms with Crippen molar-refractivity contribution in [3.63, 3.8) is 0 Å². The number of hydrogen-bond acceptors (Lipinski definition) is 3. The quantitative estimate of drug-likeness (QED) is 0.678. The van der Waals surface area contributed by atoms with E-state index in [9.17, 15) is 9.59 Å². The first-order valence-electron chi connectivity index (χ1n) is 6.60. The lowest BCUT2D eigenvalue weighted by Crippen LogP contribution is -2.22. The van der Waals surface area contributed by atoms with Crippen LogP contribution in [0.2, 0.25) is 0 Å². The number of ketones is 1. The van der Waals surface area contributed by atoms with Crippen LogP contribution >= 0.6 is 0 Å². The van der Waals surface area contributed by atoms with Gasteiger partial charge in [0, 0.05) is 18.4 Å². The Bertz CT molecular complexity index is 647. The molecule has 0 radical (unpaired) electrons. The molecule has 0 aliphatic rings. The number of hydrogen-bond donors (Lipinski definition) is 1. The lowest BCUT2D eigenvalue weighted by atomic mass is 10.1. The SMILES string of the molecule is COCc1cccc(NC(=O)C(=O)c2ccc(C)cc2)c1. The lowest BCUT2D eigenvalue weighted by molar-refractivity contribution is -0.112. The number of carbonyl (C=O) groups is 2. The van der Waals surface area contributed by atoms with Gasteiger partial charge < -0.3 is 10.1 Å². The molecule has 0 saturated carbocycles. The van der Waals surface area contributed by atoms with Gasteiger partial charge in [-0.25, -0.2) is 0 Å². The van der Waals surface area contributed by atoms with Gasteiger partial charge in [-0.2, -0.15) is 0 Å². The van der Waals surface area contributed by atoms with E-state index in [-0.39, 0.29) is 0 Å². The van der Waals surface area contributed by atoms with Gasteiger partial charge in [0.15, 0.2) is 0 Å². The van der Waals surface area contributed by atoms with Crippen LogP contribution in [0, 0.1) is 6.92 Å². The number of anilines is 1. The highest BCUT2D eigenvalue weighted by molar-refractivity contribution is 6.46. The molecule has 21 heavy (non-hydrogen) atoms. The van der Waals surface area contributed by atoms with Gasteiger partial charge in [-0.3, -0.25) is 9.59 Å². The third-order valence-corrected chi connectivity index (χ3v) is 3.02. The van der Waals surface area contributed by atoms with Crippen LogP contribution in [-0.4, -0.2) is 18.8 Å². The van der Waals surface area contributed by atoms with E-state index in [2.05, 4.69) is 5.32 Å². The number of Topliss-reactive ketones (excluding diaryl/α,β-unsaturated/α-hetero) is 1. The fraction of sp³-hybridized carbons (Fsp3) is 0.176. The van der Waals surface area contributed by atoms with Crippen molar-refractivity contribution >= 4 is 17.4 Å². The van der Waals surface area contributed by atoms with Gasteiger partial charge in [0.1, 0.15) is 0 Å². The summed E-state index contributed by atoms with van der Waals surface area (Å²) in [5, 5.41) is 2.61. The number of nitrogens with one attached hydrogen (secondary N) is 1.